The Bertz CT molecular complexity index is 1110. The van der Waals surface area contributed by atoms with E-state index in [-0.39, 0.29) is 6.03 Å². The molecule has 3 aromatic rings. The Morgan fingerprint density at radius 3 is 2.68 bits per heavy atom. The van der Waals surface area contributed by atoms with Gasteiger partial charge in [0.2, 0.25) is 0 Å². The molecule has 5 rings (SSSR count). The zero-order valence-corrected chi connectivity index (χ0v) is 19.7. The summed E-state index contributed by atoms with van der Waals surface area (Å²) in [5.74, 6) is 0.735. The highest BCUT2D eigenvalue weighted by molar-refractivity contribution is 5.89. The van der Waals surface area contributed by atoms with Crippen molar-refractivity contribution in [2.45, 2.75) is 38.4 Å². The number of nitrogens with one attached hydrogen (secondary N) is 2. The third-order valence-corrected chi connectivity index (χ3v) is 6.46. The van der Waals surface area contributed by atoms with Crippen LogP contribution in [0.25, 0.3) is 11.4 Å². The summed E-state index contributed by atoms with van der Waals surface area (Å²) in [5, 5.41) is 17.9. The fraction of sp³-hybridized carbons (Fsp3) is 0.440. The largest absolute Gasteiger partial charge is 0.334 e. The SMILES string of the molecule is CN1CCCN(Cc2ccc(CNC(=O)Nc3cccc(-c4nnnn4C4CC4)c3)cc2)CC1. The van der Waals surface area contributed by atoms with Crippen LogP contribution >= 0.6 is 0 Å². The van der Waals surface area contributed by atoms with E-state index in [1.54, 1.807) is 0 Å². The number of nitrogens with zero attached hydrogens (tertiary/aromatic N) is 6. The first kappa shape index (κ1) is 22.5. The van der Waals surface area contributed by atoms with Gasteiger partial charge in [-0.1, -0.05) is 36.4 Å². The molecule has 34 heavy (non-hydrogen) atoms. The maximum atomic E-state index is 12.5. The first-order chi connectivity index (χ1) is 16.6. The number of carbonyl (C=O) groups is 1. The molecule has 9 heteroatoms. The van der Waals surface area contributed by atoms with Gasteiger partial charge in [-0.25, -0.2) is 9.48 Å². The van der Waals surface area contributed by atoms with E-state index in [1.165, 1.54) is 18.5 Å². The Morgan fingerprint density at radius 1 is 1.03 bits per heavy atom. The van der Waals surface area contributed by atoms with E-state index in [1.807, 2.05) is 28.9 Å². The molecule has 2 amide bonds. The summed E-state index contributed by atoms with van der Waals surface area (Å²) in [4.78, 5) is 17.4. The predicted octanol–water partition coefficient (Wildman–Crippen LogP) is 3.13. The molecule has 0 unspecified atom stereocenters. The molecule has 178 valence electrons. The van der Waals surface area contributed by atoms with Crippen molar-refractivity contribution < 1.29 is 4.79 Å². The number of urea groups is 1. The Morgan fingerprint density at radius 2 is 1.85 bits per heavy atom. The molecule has 2 N–H and O–H groups in total. The molecule has 0 bridgehead atoms. The van der Waals surface area contributed by atoms with Crippen LogP contribution in [-0.2, 0) is 13.1 Å². The quantitative estimate of drug-likeness (QED) is 0.563. The van der Waals surface area contributed by atoms with E-state index in [2.05, 4.69) is 67.3 Å². The molecule has 2 aromatic carbocycles. The van der Waals surface area contributed by atoms with Gasteiger partial charge in [-0.15, -0.1) is 5.10 Å². The molecular weight excluding hydrogens is 428 g/mol. The van der Waals surface area contributed by atoms with Gasteiger partial charge in [0.25, 0.3) is 0 Å². The summed E-state index contributed by atoms with van der Waals surface area (Å²) in [5.41, 5.74) is 3.98. The average Bonchev–Trinajstić information content (AvgIpc) is 3.61. The van der Waals surface area contributed by atoms with Crippen molar-refractivity contribution in [3.63, 3.8) is 0 Å². The number of hydrogen-bond donors (Lipinski definition) is 2. The highest BCUT2D eigenvalue weighted by atomic mass is 16.2. The zero-order valence-electron chi connectivity index (χ0n) is 19.7. The third kappa shape index (κ3) is 5.78. The maximum Gasteiger partial charge on any atom is 0.319 e. The second kappa shape index (κ2) is 10.3. The van der Waals surface area contributed by atoms with Crippen molar-refractivity contribution in [3.8, 4) is 11.4 Å². The van der Waals surface area contributed by atoms with E-state index in [0.29, 0.717) is 18.3 Å². The molecule has 0 radical (unpaired) electrons. The minimum Gasteiger partial charge on any atom is -0.334 e. The van der Waals surface area contributed by atoms with Gasteiger partial charge in [-0.3, -0.25) is 4.90 Å². The molecule has 9 nitrogen and oxygen atoms in total. The Hall–Kier alpha value is -3.30. The van der Waals surface area contributed by atoms with Crippen molar-refractivity contribution in [2.75, 3.05) is 38.5 Å². The molecule has 1 saturated carbocycles. The van der Waals surface area contributed by atoms with Crippen LogP contribution in [0.5, 0.6) is 0 Å². The van der Waals surface area contributed by atoms with Crippen LogP contribution in [0, 0.1) is 0 Å². The van der Waals surface area contributed by atoms with Crippen LogP contribution in [-0.4, -0.2) is 69.3 Å². The van der Waals surface area contributed by atoms with Crippen LogP contribution in [0.2, 0.25) is 0 Å². The number of hydrogen-bond acceptors (Lipinski definition) is 6. The molecular formula is C25H32N8O. The van der Waals surface area contributed by atoms with Crippen LogP contribution in [0.4, 0.5) is 10.5 Å². The number of benzene rings is 2. The topological polar surface area (TPSA) is 91.2 Å². The number of amides is 2. The number of aromatic nitrogens is 4. The van der Waals surface area contributed by atoms with Gasteiger partial charge in [0.05, 0.1) is 6.04 Å². The summed E-state index contributed by atoms with van der Waals surface area (Å²) in [6.45, 7) is 5.99. The Labute approximate surface area is 200 Å². The lowest BCUT2D eigenvalue weighted by Crippen LogP contribution is -2.29. The summed E-state index contributed by atoms with van der Waals surface area (Å²) >= 11 is 0. The Balaban J connectivity index is 1.12. The molecule has 2 fully saturated rings. The molecule has 2 aliphatic rings. The summed E-state index contributed by atoms with van der Waals surface area (Å²) in [6.07, 6.45) is 3.43. The van der Waals surface area contributed by atoms with Gasteiger partial charge in [0.15, 0.2) is 5.82 Å². The fourth-order valence-corrected chi connectivity index (χ4v) is 4.32. The van der Waals surface area contributed by atoms with Crippen LogP contribution in [0.15, 0.2) is 48.5 Å². The first-order valence-corrected chi connectivity index (χ1v) is 12.1. The van der Waals surface area contributed by atoms with Crippen molar-refractivity contribution in [1.82, 2.24) is 35.3 Å². The summed E-state index contributed by atoms with van der Waals surface area (Å²) < 4.78 is 1.87. The van der Waals surface area contributed by atoms with Crippen molar-refractivity contribution in [2.24, 2.45) is 0 Å². The van der Waals surface area contributed by atoms with Crippen LogP contribution in [0.1, 0.15) is 36.4 Å². The zero-order chi connectivity index (χ0) is 23.3. The van der Waals surface area contributed by atoms with Gasteiger partial charge in [0, 0.05) is 37.4 Å². The van der Waals surface area contributed by atoms with E-state index < -0.39 is 0 Å². The smallest absolute Gasteiger partial charge is 0.319 e. The molecule has 1 saturated heterocycles. The fourth-order valence-electron chi connectivity index (χ4n) is 4.32. The minimum absolute atomic E-state index is 0.239. The monoisotopic (exact) mass is 460 g/mol. The van der Waals surface area contributed by atoms with Crippen molar-refractivity contribution >= 4 is 11.7 Å². The van der Waals surface area contributed by atoms with Crippen molar-refractivity contribution in [1.29, 1.82) is 0 Å². The highest BCUT2D eigenvalue weighted by Crippen LogP contribution is 2.36. The van der Waals surface area contributed by atoms with Gasteiger partial charge < -0.3 is 15.5 Å². The molecule has 0 atom stereocenters. The van der Waals surface area contributed by atoms with Gasteiger partial charge in [0.1, 0.15) is 0 Å². The molecule has 0 spiro atoms. The lowest BCUT2D eigenvalue weighted by Gasteiger charge is -2.20. The second-order valence-corrected chi connectivity index (χ2v) is 9.32. The van der Waals surface area contributed by atoms with Gasteiger partial charge in [-0.2, -0.15) is 0 Å². The number of anilines is 1. The summed E-state index contributed by atoms with van der Waals surface area (Å²) in [6, 6.07) is 16.3. The predicted molar refractivity (Wildman–Crippen MR) is 131 cm³/mol. The van der Waals surface area contributed by atoms with Gasteiger partial charge in [-0.05, 0) is 73.1 Å². The highest BCUT2D eigenvalue weighted by Gasteiger charge is 2.28. The van der Waals surface area contributed by atoms with E-state index in [0.717, 1.165) is 56.0 Å². The van der Waals surface area contributed by atoms with Crippen LogP contribution < -0.4 is 10.6 Å². The molecule has 1 aliphatic heterocycles. The molecule has 1 aromatic heterocycles. The molecule has 1 aliphatic carbocycles. The first-order valence-electron chi connectivity index (χ1n) is 12.1. The standard InChI is InChI=1S/C25H32N8O/c1-31-12-3-13-32(15-14-31)18-20-8-6-19(7-9-20)17-26-25(34)27-22-5-2-4-21(16-22)24-28-29-30-33(24)23-10-11-23/h2,4-9,16,23H,3,10-15,17-18H2,1H3,(H2,26,27,34). The number of tetrazole rings is 1. The lowest BCUT2D eigenvalue weighted by molar-refractivity contribution is 0.251. The second-order valence-electron chi connectivity index (χ2n) is 9.32. The Kier molecular flexibility index (Phi) is 6.82. The van der Waals surface area contributed by atoms with Crippen molar-refractivity contribution in [3.05, 3.63) is 59.7 Å². The average molecular weight is 461 g/mol. The number of rotatable bonds is 7. The number of likely N-dealkylation sites (N-methyl/N-ethyl adjacent to an activating group) is 1. The maximum absolute atomic E-state index is 12.5. The summed E-state index contributed by atoms with van der Waals surface area (Å²) in [7, 11) is 2.19. The molecule has 2 heterocycles. The third-order valence-electron chi connectivity index (χ3n) is 6.46. The normalized spacial score (nSPS) is 17.3. The lowest BCUT2D eigenvalue weighted by atomic mass is 10.1. The van der Waals surface area contributed by atoms with E-state index >= 15 is 0 Å². The number of carbonyl (C=O) groups excluding carboxylic acids is 1. The van der Waals surface area contributed by atoms with E-state index in [9.17, 15) is 4.79 Å². The van der Waals surface area contributed by atoms with E-state index in [4.69, 9.17) is 0 Å². The minimum atomic E-state index is -0.239. The van der Waals surface area contributed by atoms with Crippen LogP contribution in [0.3, 0.4) is 0 Å². The van der Waals surface area contributed by atoms with Gasteiger partial charge >= 0.3 is 6.03 Å².